The van der Waals surface area contributed by atoms with Crippen molar-refractivity contribution in [3.63, 3.8) is 0 Å². The smallest absolute Gasteiger partial charge is 0.326 e. The summed E-state index contributed by atoms with van der Waals surface area (Å²) in [6, 6.07) is 14.4. The number of aryl methyl sites for hydroxylation is 3. The summed E-state index contributed by atoms with van der Waals surface area (Å²) in [4.78, 5) is 24.5. The third-order valence-corrected chi connectivity index (χ3v) is 7.36. The van der Waals surface area contributed by atoms with E-state index in [2.05, 4.69) is 58.3 Å². The van der Waals surface area contributed by atoms with Gasteiger partial charge >= 0.3 is 6.03 Å². The number of carbonyl (C=O) groups excluding carboxylic acids is 1. The summed E-state index contributed by atoms with van der Waals surface area (Å²) in [6.45, 7) is 10.7. The van der Waals surface area contributed by atoms with Gasteiger partial charge in [-0.1, -0.05) is 12.1 Å². The predicted octanol–water partition coefficient (Wildman–Crippen LogP) is 5.03. The highest BCUT2D eigenvalue weighted by Gasteiger charge is 2.28. The van der Waals surface area contributed by atoms with Gasteiger partial charge in [-0.25, -0.2) is 4.79 Å². The van der Waals surface area contributed by atoms with E-state index in [1.807, 2.05) is 36.9 Å². The van der Waals surface area contributed by atoms with Crippen LogP contribution in [0.25, 0.3) is 11.1 Å². The number of anilines is 3. The Morgan fingerprint density at radius 2 is 1.67 bits per heavy atom. The van der Waals surface area contributed by atoms with E-state index in [9.17, 15) is 4.79 Å². The summed E-state index contributed by atoms with van der Waals surface area (Å²) in [7, 11) is 3.87. The van der Waals surface area contributed by atoms with Crippen molar-refractivity contribution in [3.8, 4) is 16.9 Å². The molecule has 1 aromatic heterocycles. The van der Waals surface area contributed by atoms with Crippen LogP contribution < -0.4 is 19.9 Å². The average Bonchev–Trinajstić information content (AvgIpc) is 3.27. The van der Waals surface area contributed by atoms with Gasteiger partial charge in [-0.15, -0.1) is 0 Å². The molecule has 1 saturated heterocycles. The van der Waals surface area contributed by atoms with Crippen molar-refractivity contribution in [2.75, 3.05) is 62.0 Å². The van der Waals surface area contributed by atoms with E-state index in [-0.39, 0.29) is 6.03 Å². The number of likely N-dealkylation sites (N-methyl/N-ethyl adjacent to an activating group) is 1. The highest BCUT2D eigenvalue weighted by molar-refractivity contribution is 6.04. The number of nitrogens with zero attached hydrogens (tertiary/aromatic N) is 4. The Balaban J connectivity index is 1.36. The van der Waals surface area contributed by atoms with Crippen LogP contribution in [-0.4, -0.2) is 62.8 Å². The minimum atomic E-state index is -0.108. The van der Waals surface area contributed by atoms with Gasteiger partial charge in [0.05, 0.1) is 18.5 Å². The zero-order chi connectivity index (χ0) is 25.4. The van der Waals surface area contributed by atoms with E-state index >= 15 is 0 Å². The molecule has 0 bridgehead atoms. The molecule has 1 fully saturated rings. The van der Waals surface area contributed by atoms with Gasteiger partial charge in [0.1, 0.15) is 5.75 Å². The monoisotopic (exact) mass is 485 g/mol. The molecular weight excluding hydrogens is 450 g/mol. The number of carbonyl (C=O) groups is 1. The Labute approximate surface area is 213 Å². The van der Waals surface area contributed by atoms with E-state index < -0.39 is 0 Å². The van der Waals surface area contributed by atoms with Crippen LogP contribution in [0.4, 0.5) is 21.9 Å². The number of urea groups is 1. The molecule has 1 N–H and O–H groups in total. The summed E-state index contributed by atoms with van der Waals surface area (Å²) in [5, 5.41) is 3.12. The zero-order valence-corrected chi connectivity index (χ0v) is 21.9. The lowest BCUT2D eigenvalue weighted by Gasteiger charge is -2.35. The third kappa shape index (κ3) is 4.63. The first-order valence-electron chi connectivity index (χ1n) is 12.6. The van der Waals surface area contributed by atoms with Crippen LogP contribution in [0.15, 0.2) is 42.5 Å². The maximum Gasteiger partial charge on any atom is 0.326 e. The number of rotatable bonds is 4. The fraction of sp³-hybridized carbons (Fsp3) is 0.379. The molecule has 0 spiro atoms. The molecule has 0 atom stereocenters. The third-order valence-electron chi connectivity index (χ3n) is 7.36. The second kappa shape index (κ2) is 9.82. The fourth-order valence-electron chi connectivity index (χ4n) is 5.28. The van der Waals surface area contributed by atoms with Gasteiger partial charge in [0.25, 0.3) is 0 Å². The number of nitrogens with one attached hydrogen (secondary N) is 1. The van der Waals surface area contributed by atoms with Crippen LogP contribution in [0.1, 0.15) is 22.5 Å². The van der Waals surface area contributed by atoms with Gasteiger partial charge in [0, 0.05) is 55.4 Å². The molecule has 7 heteroatoms. The van der Waals surface area contributed by atoms with Gasteiger partial charge in [-0.05, 0) is 81.3 Å². The Kier molecular flexibility index (Phi) is 6.58. The minimum Gasteiger partial charge on any atom is -0.495 e. The molecule has 7 nitrogen and oxygen atoms in total. The van der Waals surface area contributed by atoms with Crippen LogP contribution in [-0.2, 0) is 6.42 Å². The van der Waals surface area contributed by atoms with Crippen LogP contribution in [0.3, 0.4) is 0 Å². The Hall–Kier alpha value is -3.58. The standard InChI is InChI=1S/C29H35N5O2/c1-19-16-23(7-9-24(19)25-8-6-20(2)30-21(25)3)31-29(35)34-11-10-22-17-28(36-5)27(18-26(22)34)33-14-12-32(4)13-15-33/h6-9,16-18H,10-15H2,1-5H3,(H,31,35). The Morgan fingerprint density at radius 3 is 2.36 bits per heavy atom. The van der Waals surface area contributed by atoms with Gasteiger partial charge in [-0.3, -0.25) is 9.88 Å². The summed E-state index contributed by atoms with van der Waals surface area (Å²) < 4.78 is 5.74. The number of amides is 2. The van der Waals surface area contributed by atoms with E-state index in [1.165, 1.54) is 0 Å². The maximum absolute atomic E-state index is 13.4. The largest absolute Gasteiger partial charge is 0.495 e. The molecule has 2 aliphatic heterocycles. The molecule has 188 valence electrons. The van der Waals surface area contributed by atoms with E-state index in [4.69, 9.17) is 4.74 Å². The SMILES string of the molecule is COc1cc2c(cc1N1CCN(C)CC1)N(C(=O)Nc1ccc(-c3ccc(C)nc3C)c(C)c1)CC2. The molecule has 2 aromatic carbocycles. The quantitative estimate of drug-likeness (QED) is 0.562. The maximum atomic E-state index is 13.4. The number of pyridine rings is 1. The normalized spacial score (nSPS) is 15.7. The molecule has 0 unspecified atom stereocenters. The Bertz CT molecular complexity index is 1300. The minimum absolute atomic E-state index is 0.108. The fourth-order valence-corrected chi connectivity index (χ4v) is 5.28. The topological polar surface area (TPSA) is 60.9 Å². The van der Waals surface area contributed by atoms with Crippen LogP contribution in [0, 0.1) is 20.8 Å². The molecule has 0 saturated carbocycles. The summed E-state index contributed by atoms with van der Waals surface area (Å²) >= 11 is 0. The van der Waals surface area contributed by atoms with Crippen molar-refractivity contribution < 1.29 is 9.53 Å². The second-order valence-electron chi connectivity index (χ2n) is 9.89. The van der Waals surface area contributed by atoms with Crippen LogP contribution >= 0.6 is 0 Å². The molecule has 5 rings (SSSR count). The molecular formula is C29H35N5O2. The number of methoxy groups -OCH3 is 1. The summed E-state index contributed by atoms with van der Waals surface area (Å²) in [5.41, 5.74) is 9.35. The van der Waals surface area contributed by atoms with Crippen molar-refractivity contribution in [1.29, 1.82) is 0 Å². The van der Waals surface area contributed by atoms with Crippen molar-refractivity contribution >= 4 is 23.1 Å². The summed E-state index contributed by atoms with van der Waals surface area (Å²) in [6.07, 6.45) is 0.819. The predicted molar refractivity (Wildman–Crippen MR) is 147 cm³/mol. The van der Waals surface area contributed by atoms with E-state index in [0.717, 1.165) is 89.1 Å². The lowest BCUT2D eigenvalue weighted by molar-refractivity contribution is 0.257. The Morgan fingerprint density at radius 1 is 0.917 bits per heavy atom. The molecule has 2 amide bonds. The average molecular weight is 486 g/mol. The molecule has 36 heavy (non-hydrogen) atoms. The van der Waals surface area contributed by atoms with Crippen molar-refractivity contribution in [1.82, 2.24) is 9.88 Å². The lowest BCUT2D eigenvalue weighted by Crippen LogP contribution is -2.44. The van der Waals surface area contributed by atoms with Gasteiger partial charge in [0.2, 0.25) is 0 Å². The van der Waals surface area contributed by atoms with Crippen LogP contribution in [0.2, 0.25) is 0 Å². The van der Waals surface area contributed by atoms with Gasteiger partial charge in [0.15, 0.2) is 0 Å². The number of ether oxygens (including phenoxy) is 1. The van der Waals surface area contributed by atoms with Crippen molar-refractivity contribution in [2.24, 2.45) is 0 Å². The van der Waals surface area contributed by atoms with Gasteiger partial charge < -0.3 is 19.9 Å². The highest BCUT2D eigenvalue weighted by atomic mass is 16.5. The number of aromatic nitrogens is 1. The molecule has 3 aromatic rings. The lowest BCUT2D eigenvalue weighted by atomic mass is 9.98. The van der Waals surface area contributed by atoms with Crippen LogP contribution in [0.5, 0.6) is 5.75 Å². The molecule has 2 aliphatic rings. The van der Waals surface area contributed by atoms with Crippen molar-refractivity contribution in [2.45, 2.75) is 27.2 Å². The van der Waals surface area contributed by atoms with Gasteiger partial charge in [-0.2, -0.15) is 0 Å². The highest BCUT2D eigenvalue weighted by Crippen LogP contribution is 2.40. The first-order valence-corrected chi connectivity index (χ1v) is 12.6. The summed E-state index contributed by atoms with van der Waals surface area (Å²) in [5.74, 6) is 0.882. The zero-order valence-electron chi connectivity index (χ0n) is 21.9. The molecule has 0 radical (unpaired) electrons. The number of hydrogen-bond donors (Lipinski definition) is 1. The first kappa shape index (κ1) is 24.1. The first-order chi connectivity index (χ1) is 17.3. The number of benzene rings is 2. The molecule has 3 heterocycles. The van der Waals surface area contributed by atoms with E-state index in [0.29, 0.717) is 6.54 Å². The number of hydrogen-bond acceptors (Lipinski definition) is 5. The number of piperazine rings is 1. The second-order valence-corrected chi connectivity index (χ2v) is 9.89. The van der Waals surface area contributed by atoms with Crippen molar-refractivity contribution in [3.05, 3.63) is 65.0 Å². The van der Waals surface area contributed by atoms with E-state index in [1.54, 1.807) is 7.11 Å². The molecule has 0 aliphatic carbocycles. The number of fused-ring (bicyclic) bond motifs is 1.